The number of non-ortho nitro benzene ring substituents is 1. The van der Waals surface area contributed by atoms with Crippen LogP contribution in [0.5, 0.6) is 0 Å². The molecule has 0 radical (unpaired) electrons. The molecule has 0 amide bonds. The van der Waals surface area contributed by atoms with Crippen molar-refractivity contribution >= 4 is 17.2 Å². The molecular formula is C13H9FN4O2. The van der Waals surface area contributed by atoms with Crippen molar-refractivity contribution in [2.24, 2.45) is 0 Å². The number of rotatable bonds is 2. The zero-order valence-electron chi connectivity index (χ0n) is 10.2. The van der Waals surface area contributed by atoms with E-state index in [1.807, 2.05) is 0 Å². The predicted octanol–water partition coefficient (Wildman–Crippen LogP) is 2.63. The molecule has 20 heavy (non-hydrogen) atoms. The van der Waals surface area contributed by atoms with Gasteiger partial charge >= 0.3 is 0 Å². The number of anilines is 1. The highest BCUT2D eigenvalue weighted by Crippen LogP contribution is 2.28. The molecule has 3 aromatic rings. The van der Waals surface area contributed by atoms with E-state index >= 15 is 0 Å². The van der Waals surface area contributed by atoms with E-state index in [-0.39, 0.29) is 11.5 Å². The number of aromatic nitrogens is 2. The van der Waals surface area contributed by atoms with Gasteiger partial charge in [-0.25, -0.2) is 9.37 Å². The quantitative estimate of drug-likeness (QED) is 0.574. The molecule has 7 heteroatoms. The van der Waals surface area contributed by atoms with E-state index in [9.17, 15) is 14.5 Å². The van der Waals surface area contributed by atoms with Crippen LogP contribution in [0, 0.1) is 15.9 Å². The molecule has 2 N–H and O–H groups in total. The third-order valence-electron chi connectivity index (χ3n) is 2.95. The summed E-state index contributed by atoms with van der Waals surface area (Å²) in [7, 11) is 0. The molecular weight excluding hydrogens is 263 g/mol. The Morgan fingerprint density at radius 2 is 2.10 bits per heavy atom. The summed E-state index contributed by atoms with van der Waals surface area (Å²) >= 11 is 0. The minimum absolute atomic E-state index is 0.0508. The third kappa shape index (κ3) is 1.85. The van der Waals surface area contributed by atoms with Crippen molar-refractivity contribution in [3.05, 3.63) is 58.5 Å². The lowest BCUT2D eigenvalue weighted by Gasteiger charge is -1.99. The lowest BCUT2D eigenvalue weighted by atomic mass is 10.1. The van der Waals surface area contributed by atoms with Gasteiger partial charge in [-0.15, -0.1) is 0 Å². The molecule has 3 rings (SSSR count). The van der Waals surface area contributed by atoms with Gasteiger partial charge in [-0.3, -0.25) is 14.5 Å². The van der Waals surface area contributed by atoms with Crippen molar-refractivity contribution in [2.75, 3.05) is 5.73 Å². The average Bonchev–Trinajstić information content (AvgIpc) is 2.76. The Hall–Kier alpha value is -2.96. The second kappa shape index (κ2) is 4.30. The van der Waals surface area contributed by atoms with Crippen LogP contribution in [0.4, 0.5) is 15.9 Å². The molecule has 2 aromatic heterocycles. The van der Waals surface area contributed by atoms with E-state index in [2.05, 4.69) is 4.98 Å². The van der Waals surface area contributed by atoms with Gasteiger partial charge < -0.3 is 5.73 Å². The zero-order chi connectivity index (χ0) is 14.3. The number of nitro benzene ring substituents is 1. The largest absolute Gasteiger partial charge is 0.383 e. The summed E-state index contributed by atoms with van der Waals surface area (Å²) in [6, 6.07) is 8.76. The highest BCUT2D eigenvalue weighted by Gasteiger charge is 2.14. The first-order valence-corrected chi connectivity index (χ1v) is 5.74. The fraction of sp³-hybridized carbons (Fsp3) is 0. The number of fused-ring (bicyclic) bond motifs is 1. The molecule has 0 fully saturated rings. The van der Waals surface area contributed by atoms with Gasteiger partial charge in [0.1, 0.15) is 23.0 Å². The molecule has 100 valence electrons. The van der Waals surface area contributed by atoms with Gasteiger partial charge in [0.05, 0.1) is 4.92 Å². The lowest BCUT2D eigenvalue weighted by Crippen LogP contribution is -1.95. The van der Waals surface area contributed by atoms with Crippen LogP contribution in [0.3, 0.4) is 0 Å². The lowest BCUT2D eigenvalue weighted by molar-refractivity contribution is -0.384. The predicted molar refractivity (Wildman–Crippen MR) is 71.7 cm³/mol. The fourth-order valence-corrected chi connectivity index (χ4v) is 2.02. The molecule has 0 aliphatic heterocycles. The summed E-state index contributed by atoms with van der Waals surface area (Å²) in [4.78, 5) is 14.6. The van der Waals surface area contributed by atoms with Crippen LogP contribution in [-0.4, -0.2) is 14.3 Å². The molecule has 0 aliphatic rings. The summed E-state index contributed by atoms with van der Waals surface area (Å²) < 4.78 is 14.6. The second-order valence-corrected chi connectivity index (χ2v) is 4.23. The van der Waals surface area contributed by atoms with E-state index < -0.39 is 10.7 Å². The van der Waals surface area contributed by atoms with Crippen molar-refractivity contribution in [1.82, 2.24) is 9.38 Å². The SMILES string of the molecule is Nc1c(-c2cccc([N+](=O)[O-])c2)nc2ccc(F)cn12. The number of nitrogen functional groups attached to an aromatic ring is 1. The van der Waals surface area contributed by atoms with E-state index in [0.717, 1.165) is 0 Å². The molecule has 1 aromatic carbocycles. The summed E-state index contributed by atoms with van der Waals surface area (Å²) in [5, 5.41) is 10.8. The Labute approximate surface area is 112 Å². The molecule has 0 atom stereocenters. The number of benzene rings is 1. The number of nitro groups is 1. The molecule has 0 bridgehead atoms. The maximum absolute atomic E-state index is 13.2. The number of nitrogens with zero attached hydrogens (tertiary/aromatic N) is 3. The average molecular weight is 272 g/mol. The highest BCUT2D eigenvalue weighted by molar-refractivity contribution is 5.76. The topological polar surface area (TPSA) is 86.5 Å². The van der Waals surface area contributed by atoms with Crippen LogP contribution in [0.1, 0.15) is 0 Å². The van der Waals surface area contributed by atoms with Crippen LogP contribution in [0.15, 0.2) is 42.6 Å². The zero-order valence-corrected chi connectivity index (χ0v) is 10.2. The smallest absolute Gasteiger partial charge is 0.270 e. The van der Waals surface area contributed by atoms with Crippen molar-refractivity contribution in [3.63, 3.8) is 0 Å². The van der Waals surface area contributed by atoms with E-state index in [4.69, 9.17) is 5.73 Å². The van der Waals surface area contributed by atoms with Crippen LogP contribution >= 0.6 is 0 Å². The first kappa shape index (κ1) is 12.1. The molecule has 0 saturated carbocycles. The maximum atomic E-state index is 13.2. The van der Waals surface area contributed by atoms with Crippen LogP contribution in [-0.2, 0) is 0 Å². The Morgan fingerprint density at radius 1 is 1.30 bits per heavy atom. The fourth-order valence-electron chi connectivity index (χ4n) is 2.02. The third-order valence-corrected chi connectivity index (χ3v) is 2.95. The Morgan fingerprint density at radius 3 is 2.85 bits per heavy atom. The minimum Gasteiger partial charge on any atom is -0.383 e. The minimum atomic E-state index is -0.491. The number of pyridine rings is 1. The van der Waals surface area contributed by atoms with Gasteiger partial charge in [-0.1, -0.05) is 12.1 Å². The second-order valence-electron chi connectivity index (χ2n) is 4.23. The molecule has 0 saturated heterocycles. The van der Waals surface area contributed by atoms with Gasteiger partial charge in [0.2, 0.25) is 0 Å². The molecule has 2 heterocycles. The molecule has 0 spiro atoms. The molecule has 0 unspecified atom stereocenters. The number of nitrogens with two attached hydrogens (primary N) is 1. The summed E-state index contributed by atoms with van der Waals surface area (Å²) in [6.45, 7) is 0. The van der Waals surface area contributed by atoms with Gasteiger partial charge in [-0.2, -0.15) is 0 Å². The number of hydrogen-bond donors (Lipinski definition) is 1. The summed E-state index contributed by atoms with van der Waals surface area (Å²) in [5.41, 5.74) is 7.26. The van der Waals surface area contributed by atoms with E-state index in [0.29, 0.717) is 16.9 Å². The Kier molecular flexibility index (Phi) is 2.60. The van der Waals surface area contributed by atoms with Crippen LogP contribution in [0.25, 0.3) is 16.9 Å². The Bertz CT molecular complexity index is 828. The number of imidazole rings is 1. The van der Waals surface area contributed by atoms with Gasteiger partial charge in [0, 0.05) is 23.9 Å². The molecule has 0 aliphatic carbocycles. The van der Waals surface area contributed by atoms with Crippen LogP contribution < -0.4 is 5.73 Å². The van der Waals surface area contributed by atoms with E-state index in [1.54, 1.807) is 12.1 Å². The van der Waals surface area contributed by atoms with E-state index in [1.165, 1.54) is 34.9 Å². The summed E-state index contributed by atoms with van der Waals surface area (Å²) in [6.07, 6.45) is 1.22. The van der Waals surface area contributed by atoms with Gasteiger partial charge in [0.25, 0.3) is 5.69 Å². The van der Waals surface area contributed by atoms with Gasteiger partial charge in [0.15, 0.2) is 0 Å². The first-order chi connectivity index (χ1) is 9.56. The Balaban J connectivity index is 2.22. The van der Waals surface area contributed by atoms with Crippen molar-refractivity contribution in [2.45, 2.75) is 0 Å². The number of hydrogen-bond acceptors (Lipinski definition) is 4. The molecule has 6 nitrogen and oxygen atoms in total. The van der Waals surface area contributed by atoms with Crippen molar-refractivity contribution < 1.29 is 9.31 Å². The van der Waals surface area contributed by atoms with Gasteiger partial charge in [-0.05, 0) is 12.1 Å². The van der Waals surface area contributed by atoms with Crippen molar-refractivity contribution in [3.8, 4) is 11.3 Å². The summed E-state index contributed by atoms with van der Waals surface area (Å²) in [5.74, 6) is -0.202. The highest BCUT2D eigenvalue weighted by atomic mass is 19.1. The maximum Gasteiger partial charge on any atom is 0.270 e. The van der Waals surface area contributed by atoms with Crippen LogP contribution in [0.2, 0.25) is 0 Å². The standard InChI is InChI=1S/C13H9FN4O2/c14-9-4-5-11-16-12(13(15)17(11)7-9)8-2-1-3-10(6-8)18(19)20/h1-7H,15H2. The monoisotopic (exact) mass is 272 g/mol. The number of halogens is 1. The first-order valence-electron chi connectivity index (χ1n) is 5.74. The van der Waals surface area contributed by atoms with Crippen molar-refractivity contribution in [1.29, 1.82) is 0 Å². The normalized spacial score (nSPS) is 10.8.